The Balaban J connectivity index is 1.78. The maximum atomic E-state index is 12.0. The predicted octanol–water partition coefficient (Wildman–Crippen LogP) is 8.86. The van der Waals surface area contributed by atoms with E-state index in [1.54, 1.807) is 6.92 Å². The minimum absolute atomic E-state index is 0.0244. The number of esters is 3. The maximum Gasteiger partial charge on any atom is 0.374 e. The molecule has 0 atom stereocenters. The van der Waals surface area contributed by atoms with Crippen molar-refractivity contribution >= 4 is 29.5 Å². The van der Waals surface area contributed by atoms with E-state index in [0.717, 1.165) is 42.9 Å². The van der Waals surface area contributed by atoms with Crippen LogP contribution in [-0.2, 0) is 51.0 Å². The van der Waals surface area contributed by atoms with Crippen LogP contribution in [0.25, 0.3) is 11.1 Å². The Morgan fingerprint density at radius 1 is 0.717 bits per heavy atom. The molecule has 0 N–H and O–H groups in total. The highest BCUT2D eigenvalue weighted by atomic mass is 16.6. The molecule has 1 aliphatic rings. The smallest absolute Gasteiger partial charge is 0.374 e. The lowest BCUT2D eigenvalue weighted by molar-refractivity contribution is -0.158. The molecule has 0 radical (unpaired) electrons. The van der Waals surface area contributed by atoms with Crippen molar-refractivity contribution in [3.8, 4) is 16.9 Å². The number of ether oxygens (including phenoxy) is 4. The third kappa shape index (κ3) is 14.6. The van der Waals surface area contributed by atoms with E-state index in [1.165, 1.54) is 75.3 Å². The van der Waals surface area contributed by atoms with Gasteiger partial charge in [-0.1, -0.05) is 83.2 Å². The molecule has 0 unspecified atom stereocenters. The molecule has 1 fully saturated rings. The average molecular weight is 733 g/mol. The number of aryl methyl sites for hydroxylation is 2. The summed E-state index contributed by atoms with van der Waals surface area (Å²) >= 11 is 0. The minimum atomic E-state index is -1.01. The molecule has 3 rings (SSSR count). The molecular weight excluding hydrogens is 672 g/mol. The molecule has 0 spiro atoms. The largest absolute Gasteiger partial charge is 0.493 e. The third-order valence-corrected chi connectivity index (χ3v) is 10.0. The molecule has 1 saturated carbocycles. The normalized spacial score (nSPS) is 15.4. The Morgan fingerprint density at radius 2 is 1.38 bits per heavy atom. The van der Waals surface area contributed by atoms with Gasteiger partial charge < -0.3 is 18.9 Å². The lowest BCUT2D eigenvalue weighted by Crippen LogP contribution is -2.29. The highest BCUT2D eigenvalue weighted by Crippen LogP contribution is 2.40. The zero-order valence-corrected chi connectivity index (χ0v) is 32.6. The quantitative estimate of drug-likeness (QED) is 0.0363. The summed E-state index contributed by atoms with van der Waals surface area (Å²) < 4.78 is 21.7. The minimum Gasteiger partial charge on any atom is -0.493 e. The molecule has 9 heteroatoms. The molecule has 290 valence electrons. The fourth-order valence-electron chi connectivity index (χ4n) is 6.84. The van der Waals surface area contributed by atoms with E-state index >= 15 is 0 Å². The monoisotopic (exact) mass is 732 g/mol. The molecule has 1 aliphatic carbocycles. The van der Waals surface area contributed by atoms with Gasteiger partial charge in [0.25, 0.3) is 0 Å². The molecule has 53 heavy (non-hydrogen) atoms. The number of benzene rings is 2. The highest BCUT2D eigenvalue weighted by Gasteiger charge is 2.24. The summed E-state index contributed by atoms with van der Waals surface area (Å²) in [6, 6.07) is 12.9. The van der Waals surface area contributed by atoms with Crippen molar-refractivity contribution in [3.05, 3.63) is 65.2 Å². The van der Waals surface area contributed by atoms with Crippen LogP contribution in [0.5, 0.6) is 5.75 Å². The lowest BCUT2D eigenvalue weighted by Gasteiger charge is -2.29. The van der Waals surface area contributed by atoms with Gasteiger partial charge in [-0.3, -0.25) is 9.59 Å². The van der Waals surface area contributed by atoms with Gasteiger partial charge in [-0.15, -0.1) is 0 Å². The van der Waals surface area contributed by atoms with Crippen LogP contribution in [-0.4, -0.2) is 55.9 Å². The zero-order valence-electron chi connectivity index (χ0n) is 32.6. The van der Waals surface area contributed by atoms with Gasteiger partial charge in [-0.25, -0.2) is 14.4 Å². The van der Waals surface area contributed by atoms with Gasteiger partial charge in [-0.05, 0) is 104 Å². The number of carbonyl (C=O) groups excluding carboxylic acids is 5. The van der Waals surface area contributed by atoms with E-state index in [-0.39, 0.29) is 26.4 Å². The van der Waals surface area contributed by atoms with Crippen molar-refractivity contribution in [2.45, 2.75) is 124 Å². The van der Waals surface area contributed by atoms with Crippen molar-refractivity contribution < 1.29 is 42.9 Å². The van der Waals surface area contributed by atoms with Gasteiger partial charge in [0.1, 0.15) is 19.0 Å². The van der Waals surface area contributed by atoms with Crippen LogP contribution in [0.4, 0.5) is 0 Å². The fraction of sp³-hybridized carbons (Fsp3) is 0.568. The van der Waals surface area contributed by atoms with Crippen LogP contribution in [0, 0.1) is 11.8 Å². The molecule has 0 bridgehead atoms. The zero-order chi connectivity index (χ0) is 38.8. The molecule has 0 amide bonds. The summed E-state index contributed by atoms with van der Waals surface area (Å²) in [5.41, 5.74) is 6.13. The second kappa shape index (κ2) is 22.7. The van der Waals surface area contributed by atoms with Gasteiger partial charge in [0.05, 0.1) is 19.1 Å². The number of rotatable bonds is 23. The molecule has 9 nitrogen and oxygen atoms in total. The number of ketones is 2. The Labute approximate surface area is 316 Å². The first-order valence-corrected chi connectivity index (χ1v) is 19.5. The number of Topliss-reactive ketones (excluding diaryl/α,β-unsaturated/α-hetero) is 2. The summed E-state index contributed by atoms with van der Waals surface area (Å²) in [5, 5.41) is 0. The fourth-order valence-corrected chi connectivity index (χ4v) is 6.84. The Hall–Kier alpha value is -4.27. The van der Waals surface area contributed by atoms with Crippen molar-refractivity contribution in [2.75, 3.05) is 26.4 Å². The Bertz CT molecular complexity index is 1520. The summed E-state index contributed by atoms with van der Waals surface area (Å²) in [6.07, 6.45) is 15.2. The molecule has 2 aromatic rings. The second-order valence-electron chi connectivity index (χ2n) is 14.5. The van der Waals surface area contributed by atoms with Crippen molar-refractivity contribution in [2.24, 2.45) is 11.8 Å². The first-order valence-electron chi connectivity index (χ1n) is 19.5. The van der Waals surface area contributed by atoms with Crippen molar-refractivity contribution in [3.63, 3.8) is 0 Å². The van der Waals surface area contributed by atoms with Gasteiger partial charge in [-0.2, -0.15) is 0 Å². The summed E-state index contributed by atoms with van der Waals surface area (Å²) in [5.74, 6) is -2.61. The summed E-state index contributed by atoms with van der Waals surface area (Å²) in [4.78, 5) is 58.5. The maximum absolute atomic E-state index is 12.0. The SMILES string of the molecule is C=C(C)C(=O)OCCCc1cc(-c2ccc(C3CCC(CCCCCCC)CC3)cc2CC)ccc1OCC(COC(=O)C(C)=O)COC(=O)C(C)=O. The molecule has 2 aromatic carbocycles. The lowest BCUT2D eigenvalue weighted by atomic mass is 9.76. The number of carbonyl (C=O) groups is 5. The second-order valence-corrected chi connectivity index (χ2v) is 14.5. The van der Waals surface area contributed by atoms with Gasteiger partial charge in [0, 0.05) is 19.4 Å². The van der Waals surface area contributed by atoms with E-state index in [1.807, 2.05) is 12.1 Å². The van der Waals surface area contributed by atoms with Crippen LogP contribution in [0.2, 0.25) is 0 Å². The first kappa shape index (κ1) is 43.1. The topological polar surface area (TPSA) is 122 Å². The van der Waals surface area contributed by atoms with Crippen molar-refractivity contribution in [1.29, 1.82) is 0 Å². The van der Waals surface area contributed by atoms with Crippen molar-refractivity contribution in [1.82, 2.24) is 0 Å². The van der Waals surface area contributed by atoms with E-state index in [4.69, 9.17) is 18.9 Å². The summed E-state index contributed by atoms with van der Waals surface area (Å²) in [7, 11) is 0. The summed E-state index contributed by atoms with van der Waals surface area (Å²) in [6.45, 7) is 11.6. The van der Waals surface area contributed by atoms with Gasteiger partial charge >= 0.3 is 17.9 Å². The average Bonchev–Trinajstić information content (AvgIpc) is 3.15. The van der Waals surface area contributed by atoms with Crippen LogP contribution in [0.15, 0.2) is 48.6 Å². The van der Waals surface area contributed by atoms with Crippen LogP contribution in [0.1, 0.15) is 128 Å². The van der Waals surface area contributed by atoms with Crippen LogP contribution < -0.4 is 4.74 Å². The number of hydrogen-bond acceptors (Lipinski definition) is 9. The predicted molar refractivity (Wildman–Crippen MR) is 206 cm³/mol. The molecule has 0 aromatic heterocycles. The Morgan fingerprint density at radius 3 is 1.98 bits per heavy atom. The van der Waals surface area contributed by atoms with E-state index in [2.05, 4.69) is 44.7 Å². The third-order valence-electron chi connectivity index (χ3n) is 10.0. The number of hydrogen-bond donors (Lipinski definition) is 0. The van der Waals surface area contributed by atoms with Gasteiger partial charge in [0.15, 0.2) is 0 Å². The first-order chi connectivity index (χ1) is 25.4. The number of unbranched alkanes of at least 4 members (excludes halogenated alkanes) is 4. The molecular formula is C44H60O9. The Kier molecular flexibility index (Phi) is 18.5. The van der Waals surface area contributed by atoms with Crippen LogP contribution in [0.3, 0.4) is 0 Å². The molecule has 0 saturated heterocycles. The van der Waals surface area contributed by atoms with E-state index in [9.17, 15) is 24.0 Å². The van der Waals surface area contributed by atoms with Crippen LogP contribution >= 0.6 is 0 Å². The standard InChI is InChI=1S/C44H60O9/c1-7-9-10-11-12-14-33-16-18-36(19-17-33)37-20-22-40(35(8-2)25-37)38-21-23-41(39(26-38)15-13-24-50-42(47)30(3)4)51-27-34(28-52-43(48)31(5)45)29-53-44(49)32(6)46/h20-23,25-26,33-34,36H,3,7-19,24,27-29H2,1-2,4-6H3. The highest BCUT2D eigenvalue weighted by molar-refractivity contribution is 6.32. The van der Waals surface area contributed by atoms with E-state index in [0.29, 0.717) is 30.1 Å². The van der Waals surface area contributed by atoms with E-state index < -0.39 is 35.4 Å². The molecule has 0 aliphatic heterocycles. The molecule has 0 heterocycles. The van der Waals surface area contributed by atoms with Gasteiger partial charge in [0.2, 0.25) is 11.6 Å².